The molecule has 0 amide bonds. The molecule has 0 radical (unpaired) electrons. The lowest BCUT2D eigenvalue weighted by Gasteiger charge is -2.16. The van der Waals surface area contributed by atoms with E-state index in [-0.39, 0.29) is 0 Å². The summed E-state index contributed by atoms with van der Waals surface area (Å²) in [5, 5.41) is 8.93. The Morgan fingerprint density at radius 1 is 1.44 bits per heavy atom. The molecule has 4 heteroatoms. The Bertz CT molecular complexity index is 454. The van der Waals surface area contributed by atoms with Gasteiger partial charge in [-0.3, -0.25) is 4.90 Å². The van der Waals surface area contributed by atoms with Crippen molar-refractivity contribution in [2.24, 2.45) is 0 Å². The number of likely N-dealkylation sites (tertiary alicyclic amines) is 1. The predicted molar refractivity (Wildman–Crippen MR) is 68.4 cm³/mol. The average Bonchev–Trinajstić information content (AvgIpc) is 2.86. The molecule has 1 aromatic carbocycles. The summed E-state index contributed by atoms with van der Waals surface area (Å²) in [5.74, 6) is 0.650. The van der Waals surface area contributed by atoms with Crippen molar-refractivity contribution in [2.75, 3.05) is 27.3 Å². The summed E-state index contributed by atoms with van der Waals surface area (Å²) in [6.07, 6.45) is 1.44. The van der Waals surface area contributed by atoms with Crippen molar-refractivity contribution in [3.8, 4) is 11.8 Å². The zero-order chi connectivity index (χ0) is 13.0. The monoisotopic (exact) mass is 246 g/mol. The first-order chi connectivity index (χ1) is 8.76. The molecule has 1 atom stereocenters. The van der Waals surface area contributed by atoms with Crippen LogP contribution in [0.2, 0.25) is 0 Å². The third kappa shape index (κ3) is 2.81. The molecular formula is C14H18N2O2. The molecular weight excluding hydrogens is 228 g/mol. The number of ether oxygens (including phenoxy) is 2. The van der Waals surface area contributed by atoms with Crippen molar-refractivity contribution in [1.82, 2.24) is 4.90 Å². The lowest BCUT2D eigenvalue weighted by Crippen LogP contribution is -2.22. The molecule has 0 bridgehead atoms. The standard InChI is InChI=1S/C14H18N2O2/c1-17-13-5-6-16(10-13)9-11-3-4-12(8-15)14(7-11)18-2/h3-4,7,13H,5-6,9-10H2,1-2H3. The highest BCUT2D eigenvalue weighted by Crippen LogP contribution is 2.22. The van der Waals surface area contributed by atoms with Crippen LogP contribution >= 0.6 is 0 Å². The SMILES string of the molecule is COc1cc(CN2CCC(OC)C2)ccc1C#N. The number of nitriles is 1. The Balaban J connectivity index is 2.04. The first kappa shape index (κ1) is 12.9. The van der Waals surface area contributed by atoms with Crippen LogP contribution in [0.15, 0.2) is 18.2 Å². The van der Waals surface area contributed by atoms with E-state index in [1.165, 1.54) is 5.56 Å². The third-order valence-corrected chi connectivity index (χ3v) is 3.36. The Labute approximate surface area is 108 Å². The number of benzene rings is 1. The number of methoxy groups -OCH3 is 2. The molecule has 4 nitrogen and oxygen atoms in total. The van der Waals surface area contributed by atoms with E-state index in [1.54, 1.807) is 14.2 Å². The molecule has 0 N–H and O–H groups in total. The van der Waals surface area contributed by atoms with Gasteiger partial charge >= 0.3 is 0 Å². The fraction of sp³-hybridized carbons (Fsp3) is 0.500. The maximum atomic E-state index is 8.93. The van der Waals surface area contributed by atoms with Gasteiger partial charge < -0.3 is 9.47 Å². The zero-order valence-corrected chi connectivity index (χ0v) is 10.8. The van der Waals surface area contributed by atoms with Gasteiger partial charge in [-0.05, 0) is 24.1 Å². The Kier molecular flexibility index (Phi) is 4.19. The summed E-state index contributed by atoms with van der Waals surface area (Å²) in [6, 6.07) is 7.87. The number of hydrogen-bond donors (Lipinski definition) is 0. The van der Waals surface area contributed by atoms with Crippen LogP contribution in [0.1, 0.15) is 17.5 Å². The van der Waals surface area contributed by atoms with E-state index in [4.69, 9.17) is 14.7 Å². The van der Waals surface area contributed by atoms with Crippen molar-refractivity contribution >= 4 is 0 Å². The molecule has 96 valence electrons. The van der Waals surface area contributed by atoms with Gasteiger partial charge in [0.25, 0.3) is 0 Å². The van der Waals surface area contributed by atoms with Gasteiger partial charge in [-0.1, -0.05) is 6.07 Å². The molecule has 1 unspecified atom stereocenters. The molecule has 1 aliphatic heterocycles. The van der Waals surface area contributed by atoms with Crippen LogP contribution in [-0.4, -0.2) is 38.3 Å². The Morgan fingerprint density at radius 3 is 2.89 bits per heavy atom. The first-order valence-electron chi connectivity index (χ1n) is 6.09. The second-order valence-electron chi connectivity index (χ2n) is 4.53. The summed E-state index contributed by atoms with van der Waals surface area (Å²) in [5.41, 5.74) is 1.75. The lowest BCUT2D eigenvalue weighted by molar-refractivity contribution is 0.107. The molecule has 0 saturated carbocycles. The van der Waals surface area contributed by atoms with Gasteiger partial charge in [0.2, 0.25) is 0 Å². The van der Waals surface area contributed by atoms with Gasteiger partial charge in [0.05, 0.1) is 18.8 Å². The van der Waals surface area contributed by atoms with E-state index in [1.807, 2.05) is 18.2 Å². The lowest BCUT2D eigenvalue weighted by atomic mass is 10.1. The maximum absolute atomic E-state index is 8.93. The van der Waals surface area contributed by atoms with Gasteiger partial charge in [0.15, 0.2) is 0 Å². The number of hydrogen-bond acceptors (Lipinski definition) is 4. The van der Waals surface area contributed by atoms with E-state index in [9.17, 15) is 0 Å². The van der Waals surface area contributed by atoms with E-state index in [0.29, 0.717) is 17.4 Å². The largest absolute Gasteiger partial charge is 0.495 e. The topological polar surface area (TPSA) is 45.5 Å². The van der Waals surface area contributed by atoms with Crippen LogP contribution < -0.4 is 4.74 Å². The average molecular weight is 246 g/mol. The molecule has 1 fully saturated rings. The molecule has 0 spiro atoms. The van der Waals surface area contributed by atoms with Crippen molar-refractivity contribution in [2.45, 2.75) is 19.1 Å². The van der Waals surface area contributed by atoms with Gasteiger partial charge in [0, 0.05) is 26.7 Å². The normalized spacial score (nSPS) is 19.7. The van der Waals surface area contributed by atoms with Gasteiger partial charge in [-0.2, -0.15) is 5.26 Å². The van der Waals surface area contributed by atoms with Crippen LogP contribution in [0.5, 0.6) is 5.75 Å². The molecule has 1 saturated heterocycles. The van der Waals surface area contributed by atoms with Crippen LogP contribution in [0.4, 0.5) is 0 Å². The summed E-state index contributed by atoms with van der Waals surface area (Å²) in [7, 11) is 3.36. The van der Waals surface area contributed by atoms with Gasteiger partial charge in [-0.25, -0.2) is 0 Å². The fourth-order valence-corrected chi connectivity index (χ4v) is 2.32. The minimum atomic E-state index is 0.352. The second kappa shape index (κ2) is 5.85. The third-order valence-electron chi connectivity index (χ3n) is 3.36. The van der Waals surface area contributed by atoms with Crippen molar-refractivity contribution in [3.05, 3.63) is 29.3 Å². The molecule has 2 rings (SSSR count). The van der Waals surface area contributed by atoms with Crippen molar-refractivity contribution in [1.29, 1.82) is 5.26 Å². The molecule has 18 heavy (non-hydrogen) atoms. The van der Waals surface area contributed by atoms with Crippen molar-refractivity contribution in [3.63, 3.8) is 0 Å². The van der Waals surface area contributed by atoms with Crippen LogP contribution in [0.25, 0.3) is 0 Å². The van der Waals surface area contributed by atoms with E-state index < -0.39 is 0 Å². The Hall–Kier alpha value is -1.57. The van der Waals surface area contributed by atoms with Gasteiger partial charge in [0.1, 0.15) is 11.8 Å². The molecule has 1 aromatic rings. The van der Waals surface area contributed by atoms with E-state index in [2.05, 4.69) is 11.0 Å². The summed E-state index contributed by atoms with van der Waals surface area (Å²) in [6.45, 7) is 2.90. The molecule has 0 aromatic heterocycles. The summed E-state index contributed by atoms with van der Waals surface area (Å²) >= 11 is 0. The molecule has 1 heterocycles. The highest BCUT2D eigenvalue weighted by molar-refractivity contribution is 5.45. The minimum Gasteiger partial charge on any atom is -0.495 e. The number of rotatable bonds is 4. The fourth-order valence-electron chi connectivity index (χ4n) is 2.32. The van der Waals surface area contributed by atoms with Crippen LogP contribution in [-0.2, 0) is 11.3 Å². The smallest absolute Gasteiger partial charge is 0.136 e. The Morgan fingerprint density at radius 2 is 2.28 bits per heavy atom. The summed E-state index contributed by atoms with van der Waals surface area (Å²) in [4.78, 5) is 2.36. The minimum absolute atomic E-state index is 0.352. The van der Waals surface area contributed by atoms with Crippen LogP contribution in [0, 0.1) is 11.3 Å². The molecule has 1 aliphatic rings. The molecule has 0 aliphatic carbocycles. The maximum Gasteiger partial charge on any atom is 0.136 e. The van der Waals surface area contributed by atoms with Gasteiger partial charge in [-0.15, -0.1) is 0 Å². The van der Waals surface area contributed by atoms with Crippen molar-refractivity contribution < 1.29 is 9.47 Å². The quantitative estimate of drug-likeness (QED) is 0.812. The van der Waals surface area contributed by atoms with E-state index in [0.717, 1.165) is 26.1 Å². The zero-order valence-electron chi connectivity index (χ0n) is 10.8. The first-order valence-corrected chi connectivity index (χ1v) is 6.09. The number of nitrogens with zero attached hydrogens (tertiary/aromatic N) is 2. The van der Waals surface area contributed by atoms with Crippen LogP contribution in [0.3, 0.4) is 0 Å². The van der Waals surface area contributed by atoms with E-state index >= 15 is 0 Å². The highest BCUT2D eigenvalue weighted by Gasteiger charge is 2.22. The second-order valence-corrected chi connectivity index (χ2v) is 4.53. The summed E-state index contributed by atoms with van der Waals surface area (Å²) < 4.78 is 10.6. The predicted octanol–water partition coefficient (Wildman–Crippen LogP) is 1.79. The highest BCUT2D eigenvalue weighted by atomic mass is 16.5.